The summed E-state index contributed by atoms with van der Waals surface area (Å²) < 4.78 is 0.900. The average Bonchev–Trinajstić information content (AvgIpc) is 2.83. The predicted molar refractivity (Wildman–Crippen MR) is 84.2 cm³/mol. The lowest BCUT2D eigenvalue weighted by Gasteiger charge is -2.22. The molecule has 1 aromatic rings. The van der Waals surface area contributed by atoms with Gasteiger partial charge in [-0.05, 0) is 37.6 Å². The van der Waals surface area contributed by atoms with Crippen LogP contribution in [0.25, 0.3) is 0 Å². The summed E-state index contributed by atoms with van der Waals surface area (Å²) >= 11 is 3.35. The summed E-state index contributed by atoms with van der Waals surface area (Å²) in [6, 6.07) is 7.39. The van der Waals surface area contributed by atoms with E-state index in [1.165, 1.54) is 0 Å². The largest absolute Gasteiger partial charge is 0.481 e. The highest BCUT2D eigenvalue weighted by atomic mass is 79.9. The summed E-state index contributed by atoms with van der Waals surface area (Å²) in [4.78, 5) is 25.3. The third-order valence-electron chi connectivity index (χ3n) is 4.04. The molecule has 0 aromatic heterocycles. The third kappa shape index (κ3) is 3.83. The number of carboxylic acid groups (broad SMARTS) is 1. The highest BCUT2D eigenvalue weighted by Gasteiger charge is 2.43. The topological polar surface area (TPSA) is 69.6 Å². The van der Waals surface area contributed by atoms with Crippen LogP contribution in [0.1, 0.15) is 19.8 Å². The Morgan fingerprint density at radius 1 is 1.48 bits per heavy atom. The number of aliphatic carboxylic acids is 1. The standard InChI is InChI=1S/C15H19BrN2O3/c1-2-15(14(20)21)6-7-18(10-15)9-13(19)17-12-5-3-4-11(16)8-12/h3-5,8H,2,6-7,9-10H2,1H3,(H,17,19)(H,20,21). The Bertz CT molecular complexity index is 549. The van der Waals surface area contributed by atoms with Gasteiger partial charge in [-0.25, -0.2) is 0 Å². The molecule has 2 rings (SSSR count). The molecule has 0 spiro atoms. The molecule has 1 fully saturated rings. The first-order valence-electron chi connectivity index (χ1n) is 6.96. The maximum absolute atomic E-state index is 12.0. The second-order valence-corrected chi connectivity index (χ2v) is 6.37. The maximum Gasteiger partial charge on any atom is 0.310 e. The Labute approximate surface area is 132 Å². The molecule has 5 nitrogen and oxygen atoms in total. The zero-order valence-electron chi connectivity index (χ0n) is 11.9. The van der Waals surface area contributed by atoms with Gasteiger partial charge in [0.2, 0.25) is 5.91 Å². The minimum atomic E-state index is -0.764. The number of hydrogen-bond acceptors (Lipinski definition) is 3. The van der Waals surface area contributed by atoms with Gasteiger partial charge in [-0.3, -0.25) is 14.5 Å². The highest BCUT2D eigenvalue weighted by Crippen LogP contribution is 2.33. The van der Waals surface area contributed by atoms with Gasteiger partial charge in [0.15, 0.2) is 0 Å². The predicted octanol–water partition coefficient (Wildman–Crippen LogP) is 2.57. The number of likely N-dealkylation sites (tertiary alicyclic amines) is 1. The van der Waals surface area contributed by atoms with Crippen molar-refractivity contribution in [1.82, 2.24) is 4.90 Å². The molecule has 114 valence electrons. The number of nitrogens with zero attached hydrogens (tertiary/aromatic N) is 1. The fourth-order valence-corrected chi connectivity index (χ4v) is 3.08. The lowest BCUT2D eigenvalue weighted by molar-refractivity contribution is -0.148. The van der Waals surface area contributed by atoms with Crippen LogP contribution < -0.4 is 5.32 Å². The summed E-state index contributed by atoms with van der Waals surface area (Å²) in [6.45, 7) is 3.19. The summed E-state index contributed by atoms with van der Waals surface area (Å²) in [5.41, 5.74) is 0.0318. The fraction of sp³-hybridized carbons (Fsp3) is 0.467. The van der Waals surface area contributed by atoms with Crippen LogP contribution in [0.3, 0.4) is 0 Å². The van der Waals surface area contributed by atoms with Crippen LogP contribution in [0.4, 0.5) is 5.69 Å². The fourth-order valence-electron chi connectivity index (χ4n) is 2.68. The molecule has 1 aliphatic rings. The summed E-state index contributed by atoms with van der Waals surface area (Å²) in [7, 11) is 0. The van der Waals surface area contributed by atoms with Crippen LogP contribution in [0.2, 0.25) is 0 Å². The van der Waals surface area contributed by atoms with E-state index in [9.17, 15) is 14.7 Å². The van der Waals surface area contributed by atoms with Crippen LogP contribution in [0, 0.1) is 5.41 Å². The van der Waals surface area contributed by atoms with Gasteiger partial charge >= 0.3 is 5.97 Å². The van der Waals surface area contributed by atoms with Gasteiger partial charge in [0, 0.05) is 16.7 Å². The molecular formula is C15H19BrN2O3. The Hall–Kier alpha value is -1.40. The van der Waals surface area contributed by atoms with E-state index in [0.717, 1.165) is 10.2 Å². The van der Waals surface area contributed by atoms with Gasteiger partial charge in [-0.1, -0.05) is 28.9 Å². The lowest BCUT2D eigenvalue weighted by Crippen LogP contribution is -2.37. The molecule has 1 aliphatic heterocycles. The SMILES string of the molecule is CCC1(C(=O)O)CCN(CC(=O)Nc2cccc(Br)c2)C1. The van der Waals surface area contributed by atoms with Crippen molar-refractivity contribution in [3.05, 3.63) is 28.7 Å². The van der Waals surface area contributed by atoms with E-state index in [1.807, 2.05) is 36.1 Å². The van der Waals surface area contributed by atoms with Gasteiger partial charge < -0.3 is 10.4 Å². The molecule has 1 saturated heterocycles. The number of rotatable bonds is 5. The molecule has 1 amide bonds. The number of anilines is 1. The third-order valence-corrected chi connectivity index (χ3v) is 4.53. The van der Waals surface area contributed by atoms with Crippen LogP contribution in [-0.4, -0.2) is 41.5 Å². The summed E-state index contributed by atoms with van der Waals surface area (Å²) in [5, 5.41) is 12.2. The van der Waals surface area contributed by atoms with E-state index in [1.54, 1.807) is 0 Å². The number of nitrogens with one attached hydrogen (secondary N) is 1. The Balaban J connectivity index is 1.91. The Morgan fingerprint density at radius 2 is 2.24 bits per heavy atom. The highest BCUT2D eigenvalue weighted by molar-refractivity contribution is 9.10. The zero-order valence-corrected chi connectivity index (χ0v) is 13.5. The molecule has 1 atom stereocenters. The van der Waals surface area contributed by atoms with Gasteiger partial charge in [0.1, 0.15) is 0 Å². The van der Waals surface area contributed by atoms with E-state index in [4.69, 9.17) is 0 Å². The lowest BCUT2D eigenvalue weighted by atomic mass is 9.84. The molecule has 1 heterocycles. The molecule has 0 radical (unpaired) electrons. The van der Waals surface area contributed by atoms with Crippen molar-refractivity contribution in [2.24, 2.45) is 5.41 Å². The first kappa shape index (κ1) is 16.0. The number of carbonyl (C=O) groups excluding carboxylic acids is 1. The molecule has 21 heavy (non-hydrogen) atoms. The van der Waals surface area contributed by atoms with Gasteiger partial charge in [-0.2, -0.15) is 0 Å². The second kappa shape index (κ2) is 6.58. The van der Waals surface area contributed by atoms with E-state index in [0.29, 0.717) is 25.9 Å². The molecular weight excluding hydrogens is 336 g/mol. The maximum atomic E-state index is 12.0. The van der Waals surface area contributed by atoms with Crippen LogP contribution in [0.5, 0.6) is 0 Å². The van der Waals surface area contributed by atoms with Gasteiger partial charge in [-0.15, -0.1) is 0 Å². The van der Waals surface area contributed by atoms with Crippen LogP contribution in [-0.2, 0) is 9.59 Å². The van der Waals surface area contributed by atoms with Crippen molar-refractivity contribution in [1.29, 1.82) is 0 Å². The van der Waals surface area contributed by atoms with Crippen molar-refractivity contribution in [2.75, 3.05) is 25.0 Å². The summed E-state index contributed by atoms with van der Waals surface area (Å²) in [5.74, 6) is -0.884. The van der Waals surface area contributed by atoms with Gasteiger partial charge in [0.05, 0.1) is 12.0 Å². The zero-order chi connectivity index (χ0) is 15.5. The number of amides is 1. The molecule has 1 unspecified atom stereocenters. The van der Waals surface area contributed by atoms with Crippen molar-refractivity contribution in [3.8, 4) is 0 Å². The first-order chi connectivity index (χ1) is 9.95. The monoisotopic (exact) mass is 354 g/mol. The molecule has 0 saturated carbocycles. The molecule has 1 aromatic carbocycles. The second-order valence-electron chi connectivity index (χ2n) is 5.46. The van der Waals surface area contributed by atoms with E-state index in [-0.39, 0.29) is 12.5 Å². The van der Waals surface area contributed by atoms with E-state index in [2.05, 4.69) is 21.2 Å². The van der Waals surface area contributed by atoms with E-state index >= 15 is 0 Å². The number of halogens is 1. The molecule has 6 heteroatoms. The number of carbonyl (C=O) groups is 2. The Morgan fingerprint density at radius 3 is 2.81 bits per heavy atom. The van der Waals surface area contributed by atoms with Crippen LogP contribution >= 0.6 is 15.9 Å². The van der Waals surface area contributed by atoms with Crippen molar-refractivity contribution in [3.63, 3.8) is 0 Å². The number of hydrogen-bond donors (Lipinski definition) is 2. The smallest absolute Gasteiger partial charge is 0.310 e. The van der Waals surface area contributed by atoms with Crippen molar-refractivity contribution >= 4 is 33.5 Å². The normalized spacial score (nSPS) is 22.2. The minimum Gasteiger partial charge on any atom is -0.481 e. The van der Waals surface area contributed by atoms with Gasteiger partial charge in [0.25, 0.3) is 0 Å². The minimum absolute atomic E-state index is 0.120. The van der Waals surface area contributed by atoms with Crippen molar-refractivity contribution in [2.45, 2.75) is 19.8 Å². The molecule has 0 aliphatic carbocycles. The summed E-state index contributed by atoms with van der Waals surface area (Å²) in [6.07, 6.45) is 1.19. The average molecular weight is 355 g/mol. The Kier molecular flexibility index (Phi) is 5.00. The first-order valence-corrected chi connectivity index (χ1v) is 7.76. The van der Waals surface area contributed by atoms with Crippen molar-refractivity contribution < 1.29 is 14.7 Å². The van der Waals surface area contributed by atoms with Crippen LogP contribution in [0.15, 0.2) is 28.7 Å². The molecule has 0 bridgehead atoms. The quantitative estimate of drug-likeness (QED) is 0.852. The number of carboxylic acids is 1. The molecule has 2 N–H and O–H groups in total. The van der Waals surface area contributed by atoms with E-state index < -0.39 is 11.4 Å². The number of benzene rings is 1.